The van der Waals surface area contributed by atoms with E-state index in [1.54, 1.807) is 0 Å². The van der Waals surface area contributed by atoms with Crippen molar-refractivity contribution in [3.63, 3.8) is 0 Å². The van der Waals surface area contributed by atoms with E-state index in [2.05, 4.69) is 24.3 Å². The number of fused-ring (bicyclic) bond motifs is 2. The molecule has 0 amide bonds. The molecule has 3 atom stereocenters. The molecule has 3 unspecified atom stereocenters. The molecule has 0 aromatic heterocycles. The topological polar surface area (TPSA) is 20.2 Å². The molecule has 3 aliphatic rings. The molecular weight excluding hydrogens is 136 g/mol. The van der Waals surface area contributed by atoms with Gasteiger partial charge in [0.1, 0.15) is 0 Å². The second kappa shape index (κ2) is 2.67. The van der Waals surface area contributed by atoms with Gasteiger partial charge in [0, 0.05) is 5.92 Å². The Morgan fingerprint density at radius 2 is 1.82 bits per heavy atom. The van der Waals surface area contributed by atoms with Gasteiger partial charge in [0.25, 0.3) is 0 Å². The fourth-order valence-electron chi connectivity index (χ4n) is 1.65. The van der Waals surface area contributed by atoms with Gasteiger partial charge in [-0.2, -0.15) is 0 Å². The molecule has 0 aromatic rings. The monoisotopic (exact) mass is 148 g/mol. The summed E-state index contributed by atoms with van der Waals surface area (Å²) in [4.78, 5) is 0. The van der Waals surface area contributed by atoms with Crippen LogP contribution in [0.4, 0.5) is 0 Å². The molecule has 3 aliphatic carbocycles. The van der Waals surface area contributed by atoms with Gasteiger partial charge in [0.05, 0.1) is 6.10 Å². The van der Waals surface area contributed by atoms with Crippen molar-refractivity contribution < 1.29 is 5.11 Å². The predicted molar refractivity (Wildman–Crippen MR) is 45.0 cm³/mol. The van der Waals surface area contributed by atoms with Crippen molar-refractivity contribution in [2.24, 2.45) is 11.8 Å². The van der Waals surface area contributed by atoms with Gasteiger partial charge in [-0.1, -0.05) is 36.5 Å². The lowest BCUT2D eigenvalue weighted by molar-refractivity contribution is 0.125. The van der Waals surface area contributed by atoms with Crippen molar-refractivity contribution in [2.45, 2.75) is 12.5 Å². The van der Waals surface area contributed by atoms with Gasteiger partial charge >= 0.3 is 0 Å². The van der Waals surface area contributed by atoms with E-state index >= 15 is 0 Å². The highest BCUT2D eigenvalue weighted by Gasteiger charge is 2.21. The molecule has 1 nitrogen and oxygen atoms in total. The van der Waals surface area contributed by atoms with Crippen LogP contribution >= 0.6 is 0 Å². The Hall–Kier alpha value is -0.820. The van der Waals surface area contributed by atoms with Gasteiger partial charge in [-0.3, -0.25) is 0 Å². The summed E-state index contributed by atoms with van der Waals surface area (Å²) >= 11 is 0. The lowest BCUT2D eigenvalue weighted by Gasteiger charge is -2.25. The molecule has 0 aliphatic heterocycles. The van der Waals surface area contributed by atoms with Crippen molar-refractivity contribution in [1.82, 2.24) is 0 Å². The van der Waals surface area contributed by atoms with Crippen molar-refractivity contribution in [3.8, 4) is 0 Å². The molecule has 3 rings (SSSR count). The Bertz CT molecular complexity index is 225. The Labute approximate surface area is 66.7 Å². The van der Waals surface area contributed by atoms with E-state index in [1.165, 1.54) is 0 Å². The zero-order valence-electron chi connectivity index (χ0n) is 6.35. The summed E-state index contributed by atoms with van der Waals surface area (Å²) in [5.74, 6) is 0.697. The average molecular weight is 148 g/mol. The third-order valence-corrected chi connectivity index (χ3v) is 2.34. The molecule has 1 heteroatoms. The van der Waals surface area contributed by atoms with E-state index < -0.39 is 0 Å². The first-order valence-electron chi connectivity index (χ1n) is 4.07. The Balaban J connectivity index is 2.31. The van der Waals surface area contributed by atoms with Crippen LogP contribution in [0.1, 0.15) is 6.42 Å². The van der Waals surface area contributed by atoms with Crippen LogP contribution in [0.2, 0.25) is 0 Å². The molecule has 0 fully saturated rings. The van der Waals surface area contributed by atoms with Gasteiger partial charge in [0.2, 0.25) is 0 Å². The highest BCUT2D eigenvalue weighted by atomic mass is 16.3. The maximum atomic E-state index is 9.57. The number of rotatable bonds is 0. The molecule has 1 N–H and O–H groups in total. The average Bonchev–Trinajstić information content (AvgIpc) is 1.92. The minimum absolute atomic E-state index is 0.175. The lowest BCUT2D eigenvalue weighted by atomic mass is 9.84. The van der Waals surface area contributed by atoms with Gasteiger partial charge < -0.3 is 5.11 Å². The smallest absolute Gasteiger partial charge is 0.0646 e. The van der Waals surface area contributed by atoms with Crippen LogP contribution in [0.5, 0.6) is 0 Å². The quantitative estimate of drug-likeness (QED) is 0.518. The van der Waals surface area contributed by atoms with Crippen LogP contribution < -0.4 is 0 Å². The summed E-state index contributed by atoms with van der Waals surface area (Å²) in [7, 11) is 0. The van der Waals surface area contributed by atoms with Crippen molar-refractivity contribution in [1.29, 1.82) is 0 Å². The molecule has 0 saturated carbocycles. The normalized spacial score (nSPS) is 46.5. The number of hydrogen-bond acceptors (Lipinski definition) is 1. The first kappa shape index (κ1) is 6.86. The summed E-state index contributed by atoms with van der Waals surface area (Å²) in [6, 6.07) is 0. The Morgan fingerprint density at radius 1 is 1.00 bits per heavy atom. The summed E-state index contributed by atoms with van der Waals surface area (Å²) < 4.78 is 0. The van der Waals surface area contributed by atoms with E-state index in [0.29, 0.717) is 5.92 Å². The van der Waals surface area contributed by atoms with Crippen LogP contribution in [-0.2, 0) is 0 Å². The van der Waals surface area contributed by atoms with E-state index in [0.717, 1.165) is 6.42 Å². The summed E-state index contributed by atoms with van der Waals surface area (Å²) in [5.41, 5.74) is 0. The Morgan fingerprint density at radius 3 is 2.64 bits per heavy atom. The molecule has 0 aromatic carbocycles. The third kappa shape index (κ3) is 1.29. The van der Waals surface area contributed by atoms with E-state index in [1.807, 2.05) is 12.2 Å². The summed E-state index contributed by atoms with van der Waals surface area (Å²) in [5, 5.41) is 9.57. The Kier molecular flexibility index (Phi) is 1.66. The SMILES string of the molecule is OC1CC2C=CC1/C=C\C=C/2. The second-order valence-corrected chi connectivity index (χ2v) is 3.20. The zero-order chi connectivity index (χ0) is 7.68. The van der Waals surface area contributed by atoms with Crippen molar-refractivity contribution in [2.75, 3.05) is 0 Å². The van der Waals surface area contributed by atoms with Gasteiger partial charge in [-0.25, -0.2) is 0 Å². The highest BCUT2D eigenvalue weighted by molar-refractivity contribution is 5.20. The first-order chi connectivity index (χ1) is 5.36. The van der Waals surface area contributed by atoms with Gasteiger partial charge in [-0.05, 0) is 12.3 Å². The predicted octanol–water partition coefficient (Wildman–Crippen LogP) is 1.67. The van der Waals surface area contributed by atoms with E-state index in [9.17, 15) is 5.11 Å². The standard InChI is InChI=1S/C10H12O/c11-10-7-8-3-1-2-4-9(10)6-5-8/h1-6,8-11H,7H2/b3-1-,4-2-. The minimum Gasteiger partial charge on any atom is -0.392 e. The molecule has 11 heavy (non-hydrogen) atoms. The molecule has 2 bridgehead atoms. The molecule has 0 saturated heterocycles. The van der Waals surface area contributed by atoms with E-state index in [4.69, 9.17) is 0 Å². The third-order valence-electron chi connectivity index (χ3n) is 2.34. The van der Waals surface area contributed by atoms with Crippen LogP contribution in [0.25, 0.3) is 0 Å². The van der Waals surface area contributed by atoms with Gasteiger partial charge in [0.15, 0.2) is 0 Å². The molecule has 0 heterocycles. The van der Waals surface area contributed by atoms with Crippen LogP contribution in [0.3, 0.4) is 0 Å². The van der Waals surface area contributed by atoms with Crippen molar-refractivity contribution in [3.05, 3.63) is 36.5 Å². The van der Waals surface area contributed by atoms with Crippen molar-refractivity contribution >= 4 is 0 Å². The number of allylic oxidation sites excluding steroid dienone is 4. The second-order valence-electron chi connectivity index (χ2n) is 3.20. The first-order valence-corrected chi connectivity index (χ1v) is 4.07. The lowest BCUT2D eigenvalue weighted by Crippen LogP contribution is -2.24. The molecule has 0 radical (unpaired) electrons. The van der Waals surface area contributed by atoms with Crippen LogP contribution in [-0.4, -0.2) is 11.2 Å². The number of aliphatic hydroxyl groups is 1. The molecule has 0 spiro atoms. The maximum Gasteiger partial charge on any atom is 0.0646 e. The van der Waals surface area contributed by atoms with E-state index in [-0.39, 0.29) is 12.0 Å². The largest absolute Gasteiger partial charge is 0.392 e. The fourth-order valence-corrected chi connectivity index (χ4v) is 1.65. The molecule has 58 valence electrons. The van der Waals surface area contributed by atoms with Gasteiger partial charge in [-0.15, -0.1) is 0 Å². The zero-order valence-corrected chi connectivity index (χ0v) is 6.35. The minimum atomic E-state index is -0.175. The highest BCUT2D eigenvalue weighted by Crippen LogP contribution is 2.26. The van der Waals surface area contributed by atoms with Crippen LogP contribution in [0.15, 0.2) is 36.5 Å². The maximum absolute atomic E-state index is 9.57. The van der Waals surface area contributed by atoms with Crippen LogP contribution in [0, 0.1) is 11.8 Å². The summed E-state index contributed by atoms with van der Waals surface area (Å²) in [6.07, 6.45) is 13.2. The molecular formula is C10H12O. The fraction of sp³-hybridized carbons (Fsp3) is 0.400. The summed E-state index contributed by atoms with van der Waals surface area (Å²) in [6.45, 7) is 0. The number of hydrogen-bond donors (Lipinski definition) is 1. The number of aliphatic hydroxyl groups excluding tert-OH is 1.